The second-order valence-corrected chi connectivity index (χ2v) is 6.33. The van der Waals surface area contributed by atoms with Crippen LogP contribution in [0.5, 0.6) is 0 Å². The van der Waals surface area contributed by atoms with E-state index in [0.717, 1.165) is 12.1 Å². The van der Waals surface area contributed by atoms with E-state index in [1.165, 1.54) is 12.1 Å². The van der Waals surface area contributed by atoms with Gasteiger partial charge in [0.2, 0.25) is 11.9 Å². The summed E-state index contributed by atoms with van der Waals surface area (Å²) in [6.07, 6.45) is -0.107. The van der Waals surface area contributed by atoms with Gasteiger partial charge in [-0.3, -0.25) is 4.90 Å². The summed E-state index contributed by atoms with van der Waals surface area (Å²) in [7, 11) is 3.73. The Balaban J connectivity index is 1.78. The first kappa shape index (κ1) is 17.5. The van der Waals surface area contributed by atoms with Gasteiger partial charge in [-0.25, -0.2) is 4.39 Å². The van der Waals surface area contributed by atoms with Crippen LogP contribution in [-0.2, 0) is 4.74 Å². The largest absolute Gasteiger partial charge is 0.371 e. The van der Waals surface area contributed by atoms with E-state index in [0.29, 0.717) is 24.9 Å². The molecule has 2 unspecified atom stereocenters. The zero-order valence-electron chi connectivity index (χ0n) is 14.7. The van der Waals surface area contributed by atoms with Gasteiger partial charge in [-0.15, -0.1) is 0 Å². The molecule has 1 aromatic heterocycles. The number of anilines is 2. The first-order valence-corrected chi connectivity index (χ1v) is 8.24. The maximum absolute atomic E-state index is 13.1. The third kappa shape index (κ3) is 4.02. The lowest BCUT2D eigenvalue weighted by Gasteiger charge is -2.36. The summed E-state index contributed by atoms with van der Waals surface area (Å²) in [5.41, 5.74) is 6.79. The molecule has 1 aromatic carbocycles. The molecule has 0 spiro atoms. The second-order valence-electron chi connectivity index (χ2n) is 6.33. The van der Waals surface area contributed by atoms with Gasteiger partial charge in [0.1, 0.15) is 5.82 Å². The molecular weight excluding hydrogens is 323 g/mol. The number of nitrogen functional groups attached to an aromatic ring is 1. The minimum Gasteiger partial charge on any atom is -0.371 e. The van der Waals surface area contributed by atoms with Crippen molar-refractivity contribution in [3.63, 3.8) is 0 Å². The fourth-order valence-corrected chi connectivity index (χ4v) is 2.85. The van der Waals surface area contributed by atoms with Crippen molar-refractivity contribution in [2.45, 2.75) is 19.1 Å². The molecule has 0 bridgehead atoms. The fourth-order valence-electron chi connectivity index (χ4n) is 2.85. The van der Waals surface area contributed by atoms with Crippen LogP contribution in [-0.4, -0.2) is 53.6 Å². The predicted molar refractivity (Wildman–Crippen MR) is 93.6 cm³/mol. The Morgan fingerprint density at radius 1 is 1.24 bits per heavy atom. The first-order valence-electron chi connectivity index (χ1n) is 8.24. The summed E-state index contributed by atoms with van der Waals surface area (Å²) in [4.78, 5) is 17.0. The zero-order valence-corrected chi connectivity index (χ0v) is 14.7. The van der Waals surface area contributed by atoms with Crippen molar-refractivity contribution >= 4 is 11.9 Å². The van der Waals surface area contributed by atoms with Crippen LogP contribution < -0.4 is 10.6 Å². The van der Waals surface area contributed by atoms with Gasteiger partial charge in [-0.2, -0.15) is 15.0 Å². The SMILES string of the molecule is CC(c1nc(N)nc(N(C)C)n1)N1CCOC(c2ccc(F)cc2)C1. The van der Waals surface area contributed by atoms with Crippen LogP contribution in [0.25, 0.3) is 0 Å². The molecule has 134 valence electrons. The quantitative estimate of drug-likeness (QED) is 0.904. The molecule has 1 fully saturated rings. The van der Waals surface area contributed by atoms with Gasteiger partial charge in [0, 0.05) is 27.2 Å². The molecule has 1 saturated heterocycles. The van der Waals surface area contributed by atoms with E-state index >= 15 is 0 Å². The number of nitrogens with zero attached hydrogens (tertiary/aromatic N) is 5. The number of halogens is 1. The van der Waals surface area contributed by atoms with Gasteiger partial charge >= 0.3 is 0 Å². The number of aromatic nitrogens is 3. The Hall–Kier alpha value is -2.32. The Morgan fingerprint density at radius 2 is 1.96 bits per heavy atom. The molecule has 7 nitrogen and oxygen atoms in total. The van der Waals surface area contributed by atoms with Gasteiger partial charge in [0.05, 0.1) is 18.8 Å². The molecule has 8 heteroatoms. The summed E-state index contributed by atoms with van der Waals surface area (Å²) in [5.74, 6) is 1.14. The summed E-state index contributed by atoms with van der Waals surface area (Å²) in [6, 6.07) is 6.41. The van der Waals surface area contributed by atoms with E-state index in [2.05, 4.69) is 19.9 Å². The molecule has 2 aromatic rings. The highest BCUT2D eigenvalue weighted by Gasteiger charge is 2.28. The van der Waals surface area contributed by atoms with Gasteiger partial charge in [-0.1, -0.05) is 12.1 Å². The van der Waals surface area contributed by atoms with Gasteiger partial charge in [0.25, 0.3) is 0 Å². The maximum atomic E-state index is 13.1. The summed E-state index contributed by atoms with van der Waals surface area (Å²) in [6.45, 7) is 4.08. The summed E-state index contributed by atoms with van der Waals surface area (Å²) in [5, 5.41) is 0. The van der Waals surface area contributed by atoms with Crippen LogP contribution in [0, 0.1) is 5.82 Å². The Kier molecular flexibility index (Phi) is 5.10. The third-order valence-corrected chi connectivity index (χ3v) is 4.32. The van der Waals surface area contributed by atoms with Gasteiger partial charge < -0.3 is 15.4 Å². The number of morpholine rings is 1. The maximum Gasteiger partial charge on any atom is 0.229 e. The normalized spacial score (nSPS) is 19.6. The lowest BCUT2D eigenvalue weighted by atomic mass is 10.1. The monoisotopic (exact) mass is 346 g/mol. The standard InChI is InChI=1S/C17H23FN6O/c1-11(15-20-16(19)22-17(21-15)23(2)3)24-8-9-25-14(10-24)12-4-6-13(18)7-5-12/h4-7,11,14H,8-10H2,1-3H3,(H2,19,20,21,22). The fraction of sp³-hybridized carbons (Fsp3) is 0.471. The molecule has 0 aliphatic carbocycles. The van der Waals surface area contributed by atoms with Crippen molar-refractivity contribution in [2.24, 2.45) is 0 Å². The number of benzene rings is 1. The second kappa shape index (κ2) is 7.28. The Labute approximate surface area is 146 Å². The highest BCUT2D eigenvalue weighted by Crippen LogP contribution is 2.28. The molecule has 3 rings (SSSR count). The van der Waals surface area contributed by atoms with E-state index < -0.39 is 0 Å². The van der Waals surface area contributed by atoms with E-state index in [9.17, 15) is 4.39 Å². The molecular formula is C17H23FN6O. The number of nitrogens with two attached hydrogens (primary N) is 1. The highest BCUT2D eigenvalue weighted by atomic mass is 19.1. The van der Waals surface area contributed by atoms with Crippen molar-refractivity contribution in [3.8, 4) is 0 Å². The average molecular weight is 346 g/mol. The highest BCUT2D eigenvalue weighted by molar-refractivity contribution is 5.33. The van der Waals surface area contributed by atoms with E-state index in [1.54, 1.807) is 17.0 Å². The van der Waals surface area contributed by atoms with Crippen molar-refractivity contribution < 1.29 is 9.13 Å². The number of hydrogen-bond acceptors (Lipinski definition) is 7. The molecule has 2 atom stereocenters. The van der Waals surface area contributed by atoms with E-state index in [4.69, 9.17) is 10.5 Å². The Morgan fingerprint density at radius 3 is 2.64 bits per heavy atom. The van der Waals surface area contributed by atoms with Crippen LogP contribution in [0.4, 0.5) is 16.3 Å². The van der Waals surface area contributed by atoms with Crippen LogP contribution in [0.3, 0.4) is 0 Å². The topological polar surface area (TPSA) is 80.4 Å². The van der Waals surface area contributed by atoms with Gasteiger partial charge in [0.15, 0.2) is 5.82 Å². The molecule has 0 radical (unpaired) electrons. The zero-order chi connectivity index (χ0) is 18.0. The summed E-state index contributed by atoms with van der Waals surface area (Å²) < 4.78 is 19.0. The minimum atomic E-state index is -0.248. The van der Waals surface area contributed by atoms with Crippen molar-refractivity contribution in [1.29, 1.82) is 0 Å². The lowest BCUT2D eigenvalue weighted by molar-refractivity contribution is -0.0442. The summed E-state index contributed by atoms with van der Waals surface area (Å²) >= 11 is 0. The molecule has 1 aliphatic heterocycles. The smallest absolute Gasteiger partial charge is 0.229 e. The van der Waals surface area contributed by atoms with Crippen molar-refractivity contribution in [1.82, 2.24) is 19.9 Å². The molecule has 2 N–H and O–H groups in total. The van der Waals surface area contributed by atoms with E-state index in [-0.39, 0.29) is 23.9 Å². The van der Waals surface area contributed by atoms with Crippen molar-refractivity contribution in [3.05, 3.63) is 41.5 Å². The lowest BCUT2D eigenvalue weighted by Crippen LogP contribution is -2.40. The first-order chi connectivity index (χ1) is 11.9. The van der Waals surface area contributed by atoms with E-state index in [1.807, 2.05) is 21.0 Å². The van der Waals surface area contributed by atoms with Crippen LogP contribution in [0.2, 0.25) is 0 Å². The third-order valence-electron chi connectivity index (χ3n) is 4.32. The molecule has 2 heterocycles. The van der Waals surface area contributed by atoms with Crippen LogP contribution in [0.1, 0.15) is 30.5 Å². The predicted octanol–water partition coefficient (Wildman–Crippen LogP) is 1.79. The molecule has 0 amide bonds. The number of rotatable bonds is 4. The minimum absolute atomic E-state index is 0.0316. The number of ether oxygens (including phenoxy) is 1. The molecule has 1 aliphatic rings. The van der Waals surface area contributed by atoms with Crippen LogP contribution >= 0.6 is 0 Å². The molecule has 25 heavy (non-hydrogen) atoms. The van der Waals surface area contributed by atoms with Gasteiger partial charge in [-0.05, 0) is 24.6 Å². The number of hydrogen-bond donors (Lipinski definition) is 1. The van der Waals surface area contributed by atoms with Crippen LogP contribution in [0.15, 0.2) is 24.3 Å². The van der Waals surface area contributed by atoms with Crippen molar-refractivity contribution in [2.75, 3.05) is 44.4 Å². The molecule has 0 saturated carbocycles. The average Bonchev–Trinajstić information content (AvgIpc) is 2.61. The Bertz CT molecular complexity index is 724.